The summed E-state index contributed by atoms with van der Waals surface area (Å²) in [5.41, 5.74) is 0.651. The molecule has 2 rings (SSSR count). The van der Waals surface area contributed by atoms with Gasteiger partial charge in [-0.25, -0.2) is 13.9 Å². The van der Waals surface area contributed by atoms with Crippen LogP contribution in [0.25, 0.3) is 5.69 Å². The Bertz CT molecular complexity index is 684. The fourth-order valence-electron chi connectivity index (χ4n) is 1.91. The molecule has 0 saturated heterocycles. The number of rotatable bonds is 7. The lowest BCUT2D eigenvalue weighted by Crippen LogP contribution is -2.41. The lowest BCUT2D eigenvalue weighted by molar-refractivity contribution is -0.139. The van der Waals surface area contributed by atoms with Gasteiger partial charge in [-0.1, -0.05) is 0 Å². The summed E-state index contributed by atoms with van der Waals surface area (Å²) >= 11 is 0. The second-order valence-corrected chi connectivity index (χ2v) is 4.77. The third-order valence-electron chi connectivity index (χ3n) is 3.13. The molecule has 1 aromatic heterocycles. The number of carboxylic acids is 1. The molecule has 2 aromatic rings. The van der Waals surface area contributed by atoms with Gasteiger partial charge in [0, 0.05) is 26.3 Å². The molecule has 8 heteroatoms. The Morgan fingerprint density at radius 1 is 1.35 bits per heavy atom. The SMILES string of the molecule is COCCC(NC(=O)c1ccn(-c2ccc(F)cc2)n1)C(=O)O. The summed E-state index contributed by atoms with van der Waals surface area (Å²) in [6.45, 7) is 0.210. The molecule has 23 heavy (non-hydrogen) atoms. The van der Waals surface area contributed by atoms with Crippen LogP contribution in [0.15, 0.2) is 36.5 Å². The van der Waals surface area contributed by atoms with Crippen LogP contribution in [-0.4, -0.2) is 46.5 Å². The molecular weight excluding hydrogens is 305 g/mol. The number of halogens is 1. The van der Waals surface area contributed by atoms with E-state index in [-0.39, 0.29) is 24.5 Å². The highest BCUT2D eigenvalue weighted by Gasteiger charge is 2.21. The monoisotopic (exact) mass is 321 g/mol. The number of benzene rings is 1. The smallest absolute Gasteiger partial charge is 0.326 e. The summed E-state index contributed by atoms with van der Waals surface area (Å²) in [6.07, 6.45) is 1.68. The topological polar surface area (TPSA) is 93.5 Å². The van der Waals surface area contributed by atoms with E-state index in [0.717, 1.165) is 0 Å². The number of carboxylic acid groups (broad SMARTS) is 1. The molecule has 2 N–H and O–H groups in total. The van der Waals surface area contributed by atoms with Gasteiger partial charge in [0.25, 0.3) is 5.91 Å². The number of carbonyl (C=O) groups excluding carboxylic acids is 1. The van der Waals surface area contributed by atoms with Gasteiger partial charge in [-0.15, -0.1) is 0 Å². The molecule has 0 aliphatic carbocycles. The molecule has 1 amide bonds. The summed E-state index contributed by atoms with van der Waals surface area (Å²) in [6, 6.07) is 5.99. The summed E-state index contributed by atoms with van der Waals surface area (Å²) in [7, 11) is 1.45. The molecular formula is C15H16FN3O4. The van der Waals surface area contributed by atoms with Crippen molar-refractivity contribution < 1.29 is 23.8 Å². The van der Waals surface area contributed by atoms with Gasteiger partial charge in [-0.05, 0) is 30.3 Å². The largest absolute Gasteiger partial charge is 0.480 e. The third-order valence-corrected chi connectivity index (χ3v) is 3.13. The molecule has 7 nitrogen and oxygen atoms in total. The number of hydrogen-bond acceptors (Lipinski definition) is 4. The Morgan fingerprint density at radius 3 is 2.65 bits per heavy atom. The van der Waals surface area contributed by atoms with Gasteiger partial charge in [0.15, 0.2) is 5.69 Å². The second-order valence-electron chi connectivity index (χ2n) is 4.77. The normalized spacial score (nSPS) is 11.9. The molecule has 0 radical (unpaired) electrons. The predicted octanol–water partition coefficient (Wildman–Crippen LogP) is 1.23. The Kier molecular flexibility index (Phi) is 5.42. The van der Waals surface area contributed by atoms with E-state index in [9.17, 15) is 14.0 Å². The number of ether oxygens (including phenoxy) is 1. The maximum atomic E-state index is 12.9. The first-order chi connectivity index (χ1) is 11.0. The standard InChI is InChI=1S/C15H16FN3O4/c1-23-9-7-13(15(21)22)17-14(20)12-6-8-19(18-12)11-4-2-10(16)3-5-11/h2-6,8,13H,7,9H2,1H3,(H,17,20)(H,21,22). The van der Waals surface area contributed by atoms with E-state index < -0.39 is 17.9 Å². The zero-order valence-corrected chi connectivity index (χ0v) is 12.4. The first kappa shape index (κ1) is 16.6. The van der Waals surface area contributed by atoms with E-state index in [2.05, 4.69) is 10.4 Å². The van der Waals surface area contributed by atoms with Crippen molar-refractivity contribution >= 4 is 11.9 Å². The molecule has 1 heterocycles. The Balaban J connectivity index is 2.08. The average molecular weight is 321 g/mol. The zero-order valence-electron chi connectivity index (χ0n) is 12.4. The van der Waals surface area contributed by atoms with Gasteiger partial charge < -0.3 is 15.2 Å². The van der Waals surface area contributed by atoms with Crippen molar-refractivity contribution in [2.24, 2.45) is 0 Å². The van der Waals surface area contributed by atoms with E-state index in [1.54, 1.807) is 0 Å². The van der Waals surface area contributed by atoms with E-state index >= 15 is 0 Å². The molecule has 0 bridgehead atoms. The predicted molar refractivity (Wildman–Crippen MR) is 78.9 cm³/mol. The highest BCUT2D eigenvalue weighted by Crippen LogP contribution is 2.09. The Labute approximate surface area is 131 Å². The zero-order chi connectivity index (χ0) is 16.8. The number of aromatic nitrogens is 2. The van der Waals surface area contributed by atoms with Crippen LogP contribution in [0.1, 0.15) is 16.9 Å². The third kappa shape index (κ3) is 4.36. The highest BCUT2D eigenvalue weighted by atomic mass is 19.1. The van der Waals surface area contributed by atoms with Gasteiger partial charge in [0.05, 0.1) is 5.69 Å². The molecule has 0 aliphatic heterocycles. The molecule has 0 saturated carbocycles. The van der Waals surface area contributed by atoms with Crippen molar-refractivity contribution in [1.29, 1.82) is 0 Å². The number of methoxy groups -OCH3 is 1. The van der Waals surface area contributed by atoms with E-state index in [1.807, 2.05) is 0 Å². The molecule has 0 spiro atoms. The highest BCUT2D eigenvalue weighted by molar-refractivity contribution is 5.94. The van der Waals surface area contributed by atoms with Crippen molar-refractivity contribution in [1.82, 2.24) is 15.1 Å². The second kappa shape index (κ2) is 7.50. The summed E-state index contributed by atoms with van der Waals surface area (Å²) in [4.78, 5) is 23.2. The lowest BCUT2D eigenvalue weighted by Gasteiger charge is -2.12. The first-order valence-corrected chi connectivity index (χ1v) is 6.85. The lowest BCUT2D eigenvalue weighted by atomic mass is 10.2. The van der Waals surface area contributed by atoms with E-state index in [1.165, 1.54) is 48.3 Å². The minimum atomic E-state index is -1.15. The maximum absolute atomic E-state index is 12.9. The minimum Gasteiger partial charge on any atom is -0.480 e. The molecule has 0 aliphatic rings. The van der Waals surface area contributed by atoms with Crippen LogP contribution in [-0.2, 0) is 9.53 Å². The molecule has 1 atom stereocenters. The van der Waals surface area contributed by atoms with Gasteiger partial charge in [0.2, 0.25) is 0 Å². The summed E-state index contributed by atoms with van der Waals surface area (Å²) in [5, 5.41) is 15.5. The van der Waals surface area contributed by atoms with Crippen LogP contribution in [0.3, 0.4) is 0 Å². The number of hydrogen-bond donors (Lipinski definition) is 2. The fraction of sp³-hybridized carbons (Fsp3) is 0.267. The molecule has 1 unspecified atom stereocenters. The van der Waals surface area contributed by atoms with Crippen LogP contribution >= 0.6 is 0 Å². The van der Waals surface area contributed by atoms with Crippen LogP contribution in [0, 0.1) is 5.82 Å². The van der Waals surface area contributed by atoms with Crippen molar-refractivity contribution in [3.63, 3.8) is 0 Å². The fourth-order valence-corrected chi connectivity index (χ4v) is 1.91. The van der Waals surface area contributed by atoms with Crippen LogP contribution in [0.5, 0.6) is 0 Å². The Morgan fingerprint density at radius 2 is 2.04 bits per heavy atom. The summed E-state index contributed by atoms with van der Waals surface area (Å²) < 4.78 is 19.1. The van der Waals surface area contributed by atoms with E-state index in [0.29, 0.717) is 5.69 Å². The number of amides is 1. The molecule has 0 fully saturated rings. The average Bonchev–Trinajstić information content (AvgIpc) is 3.01. The minimum absolute atomic E-state index is 0.0676. The number of nitrogens with zero attached hydrogens (tertiary/aromatic N) is 2. The number of aliphatic carboxylic acids is 1. The van der Waals surface area contributed by atoms with Crippen molar-refractivity contribution in [2.75, 3.05) is 13.7 Å². The van der Waals surface area contributed by atoms with Crippen LogP contribution in [0.2, 0.25) is 0 Å². The van der Waals surface area contributed by atoms with Gasteiger partial charge >= 0.3 is 5.97 Å². The van der Waals surface area contributed by atoms with Crippen molar-refractivity contribution in [2.45, 2.75) is 12.5 Å². The maximum Gasteiger partial charge on any atom is 0.326 e. The molecule has 1 aromatic carbocycles. The van der Waals surface area contributed by atoms with Gasteiger partial charge in [-0.2, -0.15) is 5.10 Å². The van der Waals surface area contributed by atoms with E-state index in [4.69, 9.17) is 9.84 Å². The number of carbonyl (C=O) groups is 2. The summed E-state index contributed by atoms with van der Waals surface area (Å²) in [5.74, 6) is -2.12. The van der Waals surface area contributed by atoms with Crippen molar-refractivity contribution in [3.05, 3.63) is 48.0 Å². The van der Waals surface area contributed by atoms with Gasteiger partial charge in [-0.3, -0.25) is 4.79 Å². The molecule has 122 valence electrons. The van der Waals surface area contributed by atoms with Crippen LogP contribution in [0.4, 0.5) is 4.39 Å². The van der Waals surface area contributed by atoms with Gasteiger partial charge in [0.1, 0.15) is 11.9 Å². The number of nitrogens with one attached hydrogen (secondary N) is 1. The quantitative estimate of drug-likeness (QED) is 0.800. The first-order valence-electron chi connectivity index (χ1n) is 6.85. The Hall–Kier alpha value is -2.74. The van der Waals surface area contributed by atoms with Crippen molar-refractivity contribution in [3.8, 4) is 5.69 Å². The van der Waals surface area contributed by atoms with Crippen LogP contribution < -0.4 is 5.32 Å².